The summed E-state index contributed by atoms with van der Waals surface area (Å²) < 4.78 is 5.42. The van der Waals surface area contributed by atoms with Crippen LogP contribution in [0.1, 0.15) is 25.3 Å². The molecule has 0 radical (unpaired) electrons. The molecule has 0 N–H and O–H groups in total. The van der Waals surface area contributed by atoms with E-state index in [1.807, 2.05) is 12.1 Å². The van der Waals surface area contributed by atoms with E-state index in [-0.39, 0.29) is 0 Å². The van der Waals surface area contributed by atoms with Crippen LogP contribution in [-0.2, 0) is 5.88 Å². The van der Waals surface area contributed by atoms with Crippen LogP contribution >= 0.6 is 11.6 Å². The molecule has 13 heavy (non-hydrogen) atoms. The minimum atomic E-state index is 0.507. The van der Waals surface area contributed by atoms with Crippen LogP contribution in [0.25, 0.3) is 0 Å². The van der Waals surface area contributed by atoms with Gasteiger partial charge in [0.05, 0.1) is 6.61 Å². The summed E-state index contributed by atoms with van der Waals surface area (Å²) in [5, 5.41) is 0. The molecule has 0 aromatic carbocycles. The Labute approximate surface area is 83.9 Å². The molecule has 0 atom stereocenters. The molecule has 3 heteroatoms. The van der Waals surface area contributed by atoms with Gasteiger partial charge in [0.15, 0.2) is 0 Å². The van der Waals surface area contributed by atoms with Gasteiger partial charge in [0.1, 0.15) is 0 Å². The number of hydrogen-bond acceptors (Lipinski definition) is 2. The number of unbranched alkanes of at least 4 members (excludes halogenated alkanes) is 1. The van der Waals surface area contributed by atoms with E-state index in [1.165, 1.54) is 0 Å². The van der Waals surface area contributed by atoms with E-state index in [0.717, 1.165) is 25.0 Å². The highest BCUT2D eigenvalue weighted by Crippen LogP contribution is 2.11. The minimum Gasteiger partial charge on any atom is -0.478 e. The molecule has 1 heterocycles. The minimum absolute atomic E-state index is 0.507. The number of halogens is 1. The zero-order chi connectivity index (χ0) is 9.52. The van der Waals surface area contributed by atoms with Crippen LogP contribution in [-0.4, -0.2) is 11.6 Å². The van der Waals surface area contributed by atoms with Gasteiger partial charge in [0.2, 0.25) is 5.88 Å². The first kappa shape index (κ1) is 10.3. The van der Waals surface area contributed by atoms with E-state index in [4.69, 9.17) is 16.3 Å². The second-order valence-electron chi connectivity index (χ2n) is 2.84. The molecule has 0 spiro atoms. The van der Waals surface area contributed by atoms with Gasteiger partial charge in [-0.2, -0.15) is 0 Å². The van der Waals surface area contributed by atoms with Crippen molar-refractivity contribution < 1.29 is 4.74 Å². The van der Waals surface area contributed by atoms with Gasteiger partial charge >= 0.3 is 0 Å². The first-order chi connectivity index (χ1) is 6.36. The van der Waals surface area contributed by atoms with Crippen LogP contribution in [0.5, 0.6) is 5.88 Å². The van der Waals surface area contributed by atoms with Crippen molar-refractivity contribution in [1.82, 2.24) is 4.98 Å². The highest BCUT2D eigenvalue weighted by atomic mass is 35.5. The van der Waals surface area contributed by atoms with E-state index < -0.39 is 0 Å². The predicted octanol–water partition coefficient (Wildman–Crippen LogP) is 3.00. The van der Waals surface area contributed by atoms with E-state index in [1.54, 1.807) is 6.20 Å². The number of rotatable bonds is 5. The molecule has 0 saturated carbocycles. The SMILES string of the molecule is CCCCOc1cc(CCl)ccn1. The van der Waals surface area contributed by atoms with Crippen LogP contribution in [0.3, 0.4) is 0 Å². The highest BCUT2D eigenvalue weighted by molar-refractivity contribution is 6.17. The molecular formula is C10H14ClNO. The molecule has 72 valence electrons. The third-order valence-electron chi connectivity index (χ3n) is 1.70. The summed E-state index contributed by atoms with van der Waals surface area (Å²) in [5.74, 6) is 1.18. The Hall–Kier alpha value is -0.760. The summed E-state index contributed by atoms with van der Waals surface area (Å²) in [5.41, 5.74) is 1.04. The fourth-order valence-electron chi connectivity index (χ4n) is 0.934. The fraction of sp³-hybridized carbons (Fsp3) is 0.500. The summed E-state index contributed by atoms with van der Waals surface area (Å²) in [7, 11) is 0. The Bertz CT molecular complexity index is 252. The monoisotopic (exact) mass is 199 g/mol. The highest BCUT2D eigenvalue weighted by Gasteiger charge is 1.96. The average Bonchev–Trinajstić information content (AvgIpc) is 2.19. The molecule has 0 bridgehead atoms. The molecule has 1 aromatic heterocycles. The van der Waals surface area contributed by atoms with Crippen molar-refractivity contribution in [3.63, 3.8) is 0 Å². The lowest BCUT2D eigenvalue weighted by atomic mass is 10.3. The molecule has 0 aliphatic heterocycles. The van der Waals surface area contributed by atoms with E-state index in [9.17, 15) is 0 Å². The van der Waals surface area contributed by atoms with Crippen LogP contribution in [0.15, 0.2) is 18.3 Å². The molecular weight excluding hydrogens is 186 g/mol. The van der Waals surface area contributed by atoms with Gasteiger partial charge in [0, 0.05) is 18.1 Å². The zero-order valence-electron chi connectivity index (χ0n) is 7.79. The predicted molar refractivity (Wildman–Crippen MR) is 54.2 cm³/mol. The lowest BCUT2D eigenvalue weighted by Crippen LogP contribution is -1.98. The Morgan fingerprint density at radius 1 is 1.54 bits per heavy atom. The maximum absolute atomic E-state index is 5.68. The summed E-state index contributed by atoms with van der Waals surface area (Å²) in [6.45, 7) is 2.86. The average molecular weight is 200 g/mol. The number of ether oxygens (including phenoxy) is 1. The maximum Gasteiger partial charge on any atom is 0.213 e. The van der Waals surface area contributed by atoms with Gasteiger partial charge in [-0.05, 0) is 18.1 Å². The van der Waals surface area contributed by atoms with Crippen LogP contribution in [0.2, 0.25) is 0 Å². The van der Waals surface area contributed by atoms with Crippen LogP contribution in [0, 0.1) is 0 Å². The molecule has 2 nitrogen and oxygen atoms in total. The van der Waals surface area contributed by atoms with Crippen molar-refractivity contribution in [3.05, 3.63) is 23.9 Å². The number of pyridine rings is 1. The largest absolute Gasteiger partial charge is 0.478 e. The topological polar surface area (TPSA) is 22.1 Å². The Morgan fingerprint density at radius 2 is 2.38 bits per heavy atom. The molecule has 0 amide bonds. The van der Waals surface area contributed by atoms with Crippen molar-refractivity contribution >= 4 is 11.6 Å². The Balaban J connectivity index is 2.46. The Morgan fingerprint density at radius 3 is 3.08 bits per heavy atom. The number of aromatic nitrogens is 1. The quantitative estimate of drug-likeness (QED) is 0.537. The number of hydrogen-bond donors (Lipinski definition) is 0. The van der Waals surface area contributed by atoms with Gasteiger partial charge < -0.3 is 4.74 Å². The van der Waals surface area contributed by atoms with Crippen molar-refractivity contribution in [2.45, 2.75) is 25.6 Å². The van der Waals surface area contributed by atoms with Gasteiger partial charge in [-0.25, -0.2) is 4.98 Å². The maximum atomic E-state index is 5.68. The molecule has 1 aromatic rings. The molecule has 0 aliphatic rings. The summed E-state index contributed by atoms with van der Waals surface area (Å²) in [4.78, 5) is 4.08. The second kappa shape index (κ2) is 5.81. The molecule has 0 aliphatic carbocycles. The van der Waals surface area contributed by atoms with Crippen LogP contribution in [0.4, 0.5) is 0 Å². The van der Waals surface area contributed by atoms with E-state index in [2.05, 4.69) is 11.9 Å². The number of nitrogens with zero attached hydrogens (tertiary/aromatic N) is 1. The van der Waals surface area contributed by atoms with Gasteiger partial charge in [-0.1, -0.05) is 13.3 Å². The lowest BCUT2D eigenvalue weighted by molar-refractivity contribution is 0.297. The Kier molecular flexibility index (Phi) is 4.61. The second-order valence-corrected chi connectivity index (χ2v) is 3.11. The lowest BCUT2D eigenvalue weighted by Gasteiger charge is -2.04. The molecule has 0 fully saturated rings. The van der Waals surface area contributed by atoms with Crippen molar-refractivity contribution in [2.24, 2.45) is 0 Å². The molecule has 0 unspecified atom stereocenters. The zero-order valence-corrected chi connectivity index (χ0v) is 8.55. The smallest absolute Gasteiger partial charge is 0.213 e. The third-order valence-corrected chi connectivity index (χ3v) is 2.01. The van der Waals surface area contributed by atoms with Crippen molar-refractivity contribution in [1.29, 1.82) is 0 Å². The molecule has 0 saturated heterocycles. The van der Waals surface area contributed by atoms with Gasteiger partial charge in [0.25, 0.3) is 0 Å². The third kappa shape index (κ3) is 3.64. The van der Waals surface area contributed by atoms with Crippen molar-refractivity contribution in [2.75, 3.05) is 6.61 Å². The van der Waals surface area contributed by atoms with Crippen molar-refractivity contribution in [3.8, 4) is 5.88 Å². The standard InChI is InChI=1S/C10H14ClNO/c1-2-3-6-13-10-7-9(8-11)4-5-12-10/h4-5,7H,2-3,6,8H2,1H3. The first-order valence-electron chi connectivity index (χ1n) is 4.50. The normalized spacial score (nSPS) is 10.0. The van der Waals surface area contributed by atoms with E-state index in [0.29, 0.717) is 11.8 Å². The van der Waals surface area contributed by atoms with Gasteiger partial charge in [-0.15, -0.1) is 11.6 Å². The van der Waals surface area contributed by atoms with E-state index >= 15 is 0 Å². The van der Waals surface area contributed by atoms with Crippen LogP contribution < -0.4 is 4.74 Å². The number of alkyl halides is 1. The molecule has 1 rings (SSSR count). The van der Waals surface area contributed by atoms with Gasteiger partial charge in [-0.3, -0.25) is 0 Å². The first-order valence-corrected chi connectivity index (χ1v) is 5.04. The summed E-state index contributed by atoms with van der Waals surface area (Å²) >= 11 is 5.68. The fourth-order valence-corrected chi connectivity index (χ4v) is 1.10. The summed E-state index contributed by atoms with van der Waals surface area (Å²) in [6, 6.07) is 3.77. The summed E-state index contributed by atoms with van der Waals surface area (Å²) in [6.07, 6.45) is 3.92.